The fraction of sp³-hybridized carbons (Fsp3) is 0.619. The number of hydrogen-bond acceptors (Lipinski definition) is 6. The first-order valence-electron chi connectivity index (χ1n) is 10.2. The van der Waals surface area contributed by atoms with Crippen LogP contribution in [0.3, 0.4) is 0 Å². The van der Waals surface area contributed by atoms with Crippen molar-refractivity contribution in [2.24, 2.45) is 18.9 Å². The van der Waals surface area contributed by atoms with E-state index >= 15 is 0 Å². The molecule has 3 atom stereocenters. The van der Waals surface area contributed by atoms with Gasteiger partial charge in [-0.3, -0.25) is 4.68 Å². The van der Waals surface area contributed by atoms with Crippen LogP contribution in [0.5, 0.6) is 5.88 Å². The van der Waals surface area contributed by atoms with Crippen molar-refractivity contribution in [2.45, 2.75) is 52.2 Å². The topological polar surface area (TPSA) is 82.4 Å². The van der Waals surface area contributed by atoms with Crippen LogP contribution in [0, 0.1) is 18.8 Å². The molecule has 8 heteroatoms. The van der Waals surface area contributed by atoms with Crippen molar-refractivity contribution >= 4 is 6.09 Å². The molecule has 1 aliphatic carbocycles. The monoisotopic (exact) mass is 399 g/mol. The second kappa shape index (κ2) is 7.31. The number of hydrogen-bond donors (Lipinski definition) is 0. The third-order valence-electron chi connectivity index (χ3n) is 5.58. The minimum absolute atomic E-state index is 0.117. The molecule has 0 aromatic carbocycles. The highest BCUT2D eigenvalue weighted by molar-refractivity contribution is 5.68. The summed E-state index contributed by atoms with van der Waals surface area (Å²) in [5, 5.41) is 12.9. The summed E-state index contributed by atoms with van der Waals surface area (Å²) in [4.78, 5) is 14.1. The molecular weight excluding hydrogens is 370 g/mol. The highest BCUT2D eigenvalue weighted by atomic mass is 16.6. The van der Waals surface area contributed by atoms with E-state index in [0.29, 0.717) is 17.7 Å². The number of carbonyl (C=O) groups is 1. The van der Waals surface area contributed by atoms with Crippen molar-refractivity contribution in [1.29, 1.82) is 0 Å². The Labute approximate surface area is 171 Å². The van der Waals surface area contributed by atoms with E-state index in [1.54, 1.807) is 4.68 Å². The first-order chi connectivity index (χ1) is 13.7. The van der Waals surface area contributed by atoms with Gasteiger partial charge in [-0.05, 0) is 58.4 Å². The number of fused-ring (bicyclic) bond motifs is 1. The summed E-state index contributed by atoms with van der Waals surface area (Å²) in [6.45, 7) is 9.13. The largest absolute Gasteiger partial charge is 0.473 e. The third kappa shape index (κ3) is 4.36. The maximum Gasteiger partial charge on any atom is 0.410 e. The average Bonchev–Trinajstić information content (AvgIpc) is 3.27. The van der Waals surface area contributed by atoms with Gasteiger partial charge >= 0.3 is 6.09 Å². The lowest BCUT2D eigenvalue weighted by molar-refractivity contribution is 0.0271. The predicted molar refractivity (Wildman–Crippen MR) is 107 cm³/mol. The number of aryl methyl sites for hydroxylation is 2. The smallest absolute Gasteiger partial charge is 0.410 e. The lowest BCUT2D eigenvalue weighted by Crippen LogP contribution is -2.36. The van der Waals surface area contributed by atoms with E-state index in [9.17, 15) is 4.79 Å². The van der Waals surface area contributed by atoms with Gasteiger partial charge in [0, 0.05) is 38.0 Å². The number of nitrogens with zero attached hydrogens (tertiary/aromatic N) is 5. The summed E-state index contributed by atoms with van der Waals surface area (Å²) >= 11 is 0. The molecule has 0 radical (unpaired) electrons. The molecule has 0 bridgehead atoms. The van der Waals surface area contributed by atoms with E-state index in [2.05, 4.69) is 15.3 Å². The summed E-state index contributed by atoms with van der Waals surface area (Å²) in [6.07, 6.45) is 3.70. The van der Waals surface area contributed by atoms with Crippen molar-refractivity contribution in [3.63, 3.8) is 0 Å². The lowest BCUT2D eigenvalue weighted by atomic mass is 10.0. The van der Waals surface area contributed by atoms with Gasteiger partial charge in [-0.2, -0.15) is 5.10 Å². The third-order valence-corrected chi connectivity index (χ3v) is 5.58. The SMILES string of the molecule is Cc1nn(C)cc1-c1ccc(O[C@H]2CC3CN(C(=O)OC(C)(C)C)C[C@H]3C2)nn1. The van der Waals surface area contributed by atoms with Crippen LogP contribution in [-0.2, 0) is 11.8 Å². The molecule has 156 valence electrons. The maximum absolute atomic E-state index is 12.3. The summed E-state index contributed by atoms with van der Waals surface area (Å²) in [5.74, 6) is 1.46. The number of likely N-dealkylation sites (tertiary alicyclic amines) is 1. The van der Waals surface area contributed by atoms with Crippen molar-refractivity contribution in [1.82, 2.24) is 24.9 Å². The van der Waals surface area contributed by atoms with Crippen LogP contribution in [-0.4, -0.2) is 55.8 Å². The zero-order chi connectivity index (χ0) is 20.8. The molecule has 1 amide bonds. The standard InChI is InChI=1S/C21H29N5O3/c1-13-17(12-25(5)24-13)18-6-7-19(23-22-18)28-16-8-14-10-26(11-15(14)9-16)20(27)29-21(2,3)4/h6-7,12,14-16H,8-11H2,1-5H3/t14-,15?,16-/m1/s1. The Balaban J connectivity index is 1.32. The van der Waals surface area contributed by atoms with Crippen LogP contribution < -0.4 is 4.74 Å². The van der Waals surface area contributed by atoms with Crippen LogP contribution >= 0.6 is 0 Å². The molecule has 8 nitrogen and oxygen atoms in total. The Bertz CT molecular complexity index is 873. The maximum atomic E-state index is 12.3. The van der Waals surface area contributed by atoms with E-state index in [4.69, 9.17) is 9.47 Å². The fourth-order valence-corrected chi connectivity index (χ4v) is 4.36. The fourth-order valence-electron chi connectivity index (χ4n) is 4.36. The first-order valence-corrected chi connectivity index (χ1v) is 10.2. The molecule has 2 aromatic heterocycles. The van der Waals surface area contributed by atoms with E-state index < -0.39 is 5.60 Å². The Morgan fingerprint density at radius 1 is 1.14 bits per heavy atom. The van der Waals surface area contributed by atoms with Crippen LogP contribution in [0.4, 0.5) is 4.79 Å². The van der Waals surface area contributed by atoms with Gasteiger partial charge in [0.2, 0.25) is 5.88 Å². The molecule has 1 unspecified atom stereocenters. The van der Waals surface area contributed by atoms with Gasteiger partial charge in [-0.25, -0.2) is 4.79 Å². The average molecular weight is 399 g/mol. The Hall–Kier alpha value is -2.64. The number of carbonyl (C=O) groups excluding carboxylic acids is 1. The van der Waals surface area contributed by atoms with Crippen molar-refractivity contribution in [3.05, 3.63) is 24.0 Å². The van der Waals surface area contributed by atoms with Crippen LogP contribution in [0.25, 0.3) is 11.3 Å². The van der Waals surface area contributed by atoms with Crippen LogP contribution in [0.1, 0.15) is 39.3 Å². The number of aromatic nitrogens is 4. The minimum atomic E-state index is -0.459. The number of amides is 1. The molecule has 2 fully saturated rings. The van der Waals surface area contributed by atoms with E-state index in [1.807, 2.05) is 58.0 Å². The summed E-state index contributed by atoms with van der Waals surface area (Å²) in [5.41, 5.74) is 2.23. The van der Waals surface area contributed by atoms with Crippen molar-refractivity contribution < 1.29 is 14.3 Å². The molecule has 29 heavy (non-hydrogen) atoms. The minimum Gasteiger partial charge on any atom is -0.473 e. The van der Waals surface area contributed by atoms with Gasteiger partial charge < -0.3 is 14.4 Å². The van der Waals surface area contributed by atoms with Crippen molar-refractivity contribution in [3.8, 4) is 17.1 Å². The van der Waals surface area contributed by atoms with Crippen LogP contribution in [0.15, 0.2) is 18.3 Å². The highest BCUT2D eigenvalue weighted by Crippen LogP contribution is 2.40. The number of rotatable bonds is 3. The van der Waals surface area contributed by atoms with Gasteiger partial charge in [0.1, 0.15) is 11.7 Å². The molecule has 0 spiro atoms. The highest BCUT2D eigenvalue weighted by Gasteiger charge is 2.44. The van der Waals surface area contributed by atoms with Gasteiger partial charge in [0.05, 0.1) is 11.4 Å². The van der Waals surface area contributed by atoms with E-state index in [0.717, 1.165) is 42.9 Å². The van der Waals surface area contributed by atoms with Gasteiger partial charge in [0.25, 0.3) is 0 Å². The zero-order valence-corrected chi connectivity index (χ0v) is 17.8. The summed E-state index contributed by atoms with van der Waals surface area (Å²) < 4.78 is 13.4. The van der Waals surface area contributed by atoms with Crippen molar-refractivity contribution in [2.75, 3.05) is 13.1 Å². The summed E-state index contributed by atoms with van der Waals surface area (Å²) in [6, 6.07) is 3.79. The molecule has 1 saturated carbocycles. The molecule has 1 aliphatic heterocycles. The Kier molecular flexibility index (Phi) is 4.96. The predicted octanol–water partition coefficient (Wildman–Crippen LogP) is 3.21. The van der Waals surface area contributed by atoms with E-state index in [-0.39, 0.29) is 12.2 Å². The number of ether oxygens (including phenoxy) is 2. The van der Waals surface area contributed by atoms with Gasteiger partial charge in [0.15, 0.2) is 0 Å². The van der Waals surface area contributed by atoms with E-state index in [1.165, 1.54) is 0 Å². The lowest BCUT2D eigenvalue weighted by Gasteiger charge is -2.25. The molecule has 1 saturated heterocycles. The molecule has 4 rings (SSSR count). The molecule has 0 N–H and O–H groups in total. The second-order valence-corrected chi connectivity index (χ2v) is 9.18. The first kappa shape index (κ1) is 19.7. The molecule has 2 aliphatic rings. The molecule has 3 heterocycles. The van der Waals surface area contributed by atoms with Gasteiger partial charge in [-0.15, -0.1) is 10.2 Å². The zero-order valence-electron chi connectivity index (χ0n) is 17.8. The quantitative estimate of drug-likeness (QED) is 0.788. The normalized spacial score (nSPS) is 23.9. The van der Waals surface area contributed by atoms with Gasteiger partial charge in [-0.1, -0.05) is 0 Å². The Morgan fingerprint density at radius 3 is 2.34 bits per heavy atom. The van der Waals surface area contributed by atoms with Crippen LogP contribution in [0.2, 0.25) is 0 Å². The Morgan fingerprint density at radius 2 is 1.83 bits per heavy atom. The summed E-state index contributed by atoms with van der Waals surface area (Å²) in [7, 11) is 1.89. The molecule has 2 aromatic rings. The molecular formula is C21H29N5O3. The second-order valence-electron chi connectivity index (χ2n) is 9.18.